The van der Waals surface area contributed by atoms with Gasteiger partial charge in [0, 0.05) is 11.1 Å². The monoisotopic (exact) mass is 248 g/mol. The number of pyridine rings is 1. The summed E-state index contributed by atoms with van der Waals surface area (Å²) in [7, 11) is 0. The van der Waals surface area contributed by atoms with Crippen LogP contribution < -0.4 is 5.32 Å². The van der Waals surface area contributed by atoms with E-state index in [2.05, 4.69) is 21.7 Å². The number of hydrogen-bond donors (Lipinski definition) is 1. The van der Waals surface area contributed by atoms with Crippen LogP contribution in [-0.4, -0.2) is 4.98 Å². The maximum Gasteiger partial charge on any atom is 0.165 e. The second-order valence-electron chi connectivity index (χ2n) is 4.22. The van der Waals surface area contributed by atoms with Crippen LogP contribution in [-0.2, 0) is 6.42 Å². The summed E-state index contributed by atoms with van der Waals surface area (Å²) < 4.78 is 13.5. The van der Waals surface area contributed by atoms with Crippen LogP contribution in [0.2, 0.25) is 0 Å². The molecule has 2 aromatic rings. The third-order valence-corrected chi connectivity index (χ3v) is 4.12. The normalized spacial score (nSPS) is 18.8. The molecule has 0 radical (unpaired) electrons. The van der Waals surface area contributed by atoms with E-state index in [0.29, 0.717) is 5.82 Å². The van der Waals surface area contributed by atoms with Crippen LogP contribution in [0, 0.1) is 5.82 Å². The van der Waals surface area contributed by atoms with Crippen molar-refractivity contribution >= 4 is 17.2 Å². The smallest absolute Gasteiger partial charge is 0.165 e. The molecule has 2 aromatic heterocycles. The first kappa shape index (κ1) is 10.7. The van der Waals surface area contributed by atoms with E-state index in [1.54, 1.807) is 23.6 Å². The van der Waals surface area contributed by atoms with E-state index in [9.17, 15) is 4.39 Å². The predicted octanol–water partition coefficient (Wildman–Crippen LogP) is 3.77. The Morgan fingerprint density at radius 1 is 1.41 bits per heavy atom. The number of aromatic nitrogens is 1. The molecule has 1 N–H and O–H groups in total. The molecule has 17 heavy (non-hydrogen) atoms. The number of thiophene rings is 1. The summed E-state index contributed by atoms with van der Waals surface area (Å²) in [5.74, 6) is 0.0754. The van der Waals surface area contributed by atoms with Gasteiger partial charge in [0.25, 0.3) is 0 Å². The van der Waals surface area contributed by atoms with Crippen LogP contribution in [0.15, 0.2) is 29.8 Å². The Morgan fingerprint density at radius 2 is 2.35 bits per heavy atom. The quantitative estimate of drug-likeness (QED) is 0.875. The lowest BCUT2D eigenvalue weighted by molar-refractivity contribution is 0.587. The lowest BCUT2D eigenvalue weighted by Crippen LogP contribution is -2.17. The largest absolute Gasteiger partial charge is 0.361 e. The van der Waals surface area contributed by atoms with Gasteiger partial charge in [-0.3, -0.25) is 0 Å². The molecule has 1 aliphatic carbocycles. The van der Waals surface area contributed by atoms with Gasteiger partial charge in [-0.15, -0.1) is 11.3 Å². The van der Waals surface area contributed by atoms with Gasteiger partial charge in [0.1, 0.15) is 0 Å². The van der Waals surface area contributed by atoms with Crippen molar-refractivity contribution in [3.63, 3.8) is 0 Å². The molecule has 0 aromatic carbocycles. The van der Waals surface area contributed by atoms with Crippen LogP contribution in [0.25, 0.3) is 0 Å². The molecule has 2 nitrogen and oxygen atoms in total. The Balaban J connectivity index is 1.86. The molecule has 0 saturated carbocycles. The lowest BCUT2D eigenvalue weighted by atomic mass is 9.94. The average Bonchev–Trinajstić information content (AvgIpc) is 2.81. The van der Waals surface area contributed by atoms with Crippen LogP contribution in [0.4, 0.5) is 10.2 Å². The van der Waals surface area contributed by atoms with E-state index in [-0.39, 0.29) is 11.9 Å². The Bertz CT molecular complexity index is 524. The molecule has 1 aliphatic rings. The van der Waals surface area contributed by atoms with Gasteiger partial charge in [0.05, 0.1) is 6.04 Å². The molecule has 4 heteroatoms. The SMILES string of the molecule is Fc1cccnc1NC1CCCc2sccc21. The first-order valence-electron chi connectivity index (χ1n) is 5.78. The fourth-order valence-corrected chi connectivity index (χ4v) is 3.28. The fraction of sp³-hybridized carbons (Fsp3) is 0.308. The minimum absolute atomic E-state index is 0.203. The maximum atomic E-state index is 13.5. The van der Waals surface area contributed by atoms with Gasteiger partial charge in [0.15, 0.2) is 11.6 Å². The van der Waals surface area contributed by atoms with Crippen LogP contribution in [0.3, 0.4) is 0 Å². The number of rotatable bonds is 2. The summed E-state index contributed by atoms with van der Waals surface area (Å²) in [6, 6.07) is 5.39. The minimum atomic E-state index is -0.283. The first-order valence-corrected chi connectivity index (χ1v) is 6.66. The zero-order valence-electron chi connectivity index (χ0n) is 9.32. The predicted molar refractivity (Wildman–Crippen MR) is 67.8 cm³/mol. The van der Waals surface area contributed by atoms with Crippen molar-refractivity contribution in [1.29, 1.82) is 0 Å². The molecule has 0 aliphatic heterocycles. The van der Waals surface area contributed by atoms with Crippen LogP contribution in [0.1, 0.15) is 29.3 Å². The van der Waals surface area contributed by atoms with E-state index in [4.69, 9.17) is 0 Å². The van der Waals surface area contributed by atoms with Crippen molar-refractivity contribution in [3.8, 4) is 0 Å². The zero-order chi connectivity index (χ0) is 11.7. The molecular formula is C13H13FN2S. The molecule has 0 fully saturated rings. The summed E-state index contributed by atoms with van der Waals surface area (Å²) in [4.78, 5) is 5.47. The van der Waals surface area contributed by atoms with E-state index in [1.807, 2.05) is 0 Å². The molecule has 3 rings (SSSR count). The molecule has 0 amide bonds. The molecule has 0 bridgehead atoms. The van der Waals surface area contributed by atoms with E-state index >= 15 is 0 Å². The number of fused-ring (bicyclic) bond motifs is 1. The number of aryl methyl sites for hydroxylation is 1. The highest BCUT2D eigenvalue weighted by Crippen LogP contribution is 2.35. The Morgan fingerprint density at radius 3 is 3.24 bits per heavy atom. The van der Waals surface area contributed by atoms with Crippen molar-refractivity contribution in [2.45, 2.75) is 25.3 Å². The third kappa shape index (κ3) is 2.05. The van der Waals surface area contributed by atoms with Gasteiger partial charge in [0.2, 0.25) is 0 Å². The fourth-order valence-electron chi connectivity index (χ4n) is 2.29. The van der Waals surface area contributed by atoms with Gasteiger partial charge in [-0.25, -0.2) is 9.37 Å². The van der Waals surface area contributed by atoms with Gasteiger partial charge < -0.3 is 5.32 Å². The number of halogens is 1. The minimum Gasteiger partial charge on any atom is -0.361 e. The molecule has 0 saturated heterocycles. The molecule has 1 atom stereocenters. The van der Waals surface area contributed by atoms with Gasteiger partial charge >= 0.3 is 0 Å². The van der Waals surface area contributed by atoms with Gasteiger partial charge in [-0.1, -0.05) is 0 Å². The number of nitrogens with zero attached hydrogens (tertiary/aromatic N) is 1. The Labute approximate surface area is 104 Å². The molecule has 0 spiro atoms. The van der Waals surface area contributed by atoms with E-state index in [1.165, 1.54) is 16.5 Å². The second-order valence-corrected chi connectivity index (χ2v) is 5.22. The zero-order valence-corrected chi connectivity index (χ0v) is 10.1. The van der Waals surface area contributed by atoms with Crippen molar-refractivity contribution in [3.05, 3.63) is 46.0 Å². The Kier molecular flexibility index (Phi) is 2.81. The highest BCUT2D eigenvalue weighted by Gasteiger charge is 2.22. The Hall–Kier alpha value is -1.42. The molecular weight excluding hydrogens is 235 g/mol. The molecule has 88 valence electrons. The topological polar surface area (TPSA) is 24.9 Å². The second kappa shape index (κ2) is 4.45. The third-order valence-electron chi connectivity index (χ3n) is 3.12. The highest BCUT2D eigenvalue weighted by molar-refractivity contribution is 7.10. The van der Waals surface area contributed by atoms with Crippen molar-refractivity contribution in [2.24, 2.45) is 0 Å². The van der Waals surface area contributed by atoms with E-state index < -0.39 is 0 Å². The number of anilines is 1. The standard InChI is InChI=1S/C13H13FN2S/c14-10-3-2-7-15-13(10)16-11-4-1-5-12-9(11)6-8-17-12/h2-3,6-8,11H,1,4-5H2,(H,15,16). The average molecular weight is 248 g/mol. The summed E-state index contributed by atoms with van der Waals surface area (Å²) in [6.07, 6.45) is 4.96. The summed E-state index contributed by atoms with van der Waals surface area (Å²) in [5.41, 5.74) is 1.31. The van der Waals surface area contributed by atoms with Crippen molar-refractivity contribution in [1.82, 2.24) is 4.98 Å². The number of hydrogen-bond acceptors (Lipinski definition) is 3. The maximum absolute atomic E-state index is 13.5. The summed E-state index contributed by atoms with van der Waals surface area (Å²) >= 11 is 1.79. The first-order chi connectivity index (χ1) is 8.34. The summed E-state index contributed by atoms with van der Waals surface area (Å²) in [5, 5.41) is 5.32. The van der Waals surface area contributed by atoms with Crippen LogP contribution in [0.5, 0.6) is 0 Å². The van der Waals surface area contributed by atoms with Crippen molar-refractivity contribution < 1.29 is 4.39 Å². The molecule has 1 unspecified atom stereocenters. The molecule has 2 heterocycles. The van der Waals surface area contributed by atoms with Gasteiger partial charge in [-0.05, 0) is 48.4 Å². The van der Waals surface area contributed by atoms with E-state index in [0.717, 1.165) is 19.3 Å². The van der Waals surface area contributed by atoms with Crippen LogP contribution >= 0.6 is 11.3 Å². The number of nitrogens with one attached hydrogen (secondary N) is 1. The van der Waals surface area contributed by atoms with Gasteiger partial charge in [-0.2, -0.15) is 0 Å². The van der Waals surface area contributed by atoms with Crippen molar-refractivity contribution in [2.75, 3.05) is 5.32 Å². The summed E-state index contributed by atoms with van der Waals surface area (Å²) in [6.45, 7) is 0. The lowest BCUT2D eigenvalue weighted by Gasteiger charge is -2.24. The highest BCUT2D eigenvalue weighted by atomic mass is 32.1.